The van der Waals surface area contributed by atoms with Crippen LogP contribution < -0.4 is 5.56 Å². The molecule has 1 N–H and O–H groups in total. The Labute approximate surface area is 80.6 Å². The Morgan fingerprint density at radius 1 is 1.64 bits per heavy atom. The third-order valence-corrected chi connectivity index (χ3v) is 1.77. The Hall–Kier alpha value is -1.62. The zero-order valence-electron chi connectivity index (χ0n) is 7.77. The van der Waals surface area contributed by atoms with E-state index in [1.807, 2.05) is 0 Å². The van der Waals surface area contributed by atoms with Crippen molar-refractivity contribution < 1.29 is 14.6 Å². The molecule has 5 heteroatoms. The second kappa shape index (κ2) is 4.57. The summed E-state index contributed by atoms with van der Waals surface area (Å²) in [6.07, 6.45) is 1.50. The van der Waals surface area contributed by atoms with Crippen molar-refractivity contribution in [1.29, 1.82) is 0 Å². The van der Waals surface area contributed by atoms with Crippen LogP contribution in [0.15, 0.2) is 23.1 Å². The molecule has 0 radical (unpaired) electrons. The Morgan fingerprint density at radius 2 is 2.36 bits per heavy atom. The minimum Gasteiger partial charge on any atom is -0.465 e. The average molecular weight is 197 g/mol. The van der Waals surface area contributed by atoms with Gasteiger partial charge in [-0.2, -0.15) is 0 Å². The van der Waals surface area contributed by atoms with Gasteiger partial charge in [-0.3, -0.25) is 4.79 Å². The maximum atomic E-state index is 11.5. The standard InChI is InChI=1S/C9H11NO4/c1-14-9(13)7-3-2-4-10(5-6-11)8(7)12/h2-4,11H,5-6H2,1H3. The zero-order chi connectivity index (χ0) is 10.6. The maximum absolute atomic E-state index is 11.5. The summed E-state index contributed by atoms with van der Waals surface area (Å²) < 4.78 is 5.69. The van der Waals surface area contributed by atoms with Crippen LogP contribution in [0.4, 0.5) is 0 Å². The quantitative estimate of drug-likeness (QED) is 0.671. The summed E-state index contributed by atoms with van der Waals surface area (Å²) in [5.74, 6) is -0.665. The van der Waals surface area contributed by atoms with Crippen molar-refractivity contribution in [2.75, 3.05) is 13.7 Å². The van der Waals surface area contributed by atoms with Gasteiger partial charge in [0.05, 0.1) is 13.7 Å². The first kappa shape index (κ1) is 10.5. The molecule has 1 aromatic heterocycles. The van der Waals surface area contributed by atoms with Gasteiger partial charge in [-0.25, -0.2) is 4.79 Å². The first-order chi connectivity index (χ1) is 6.70. The van der Waals surface area contributed by atoms with Crippen molar-refractivity contribution in [1.82, 2.24) is 4.57 Å². The van der Waals surface area contributed by atoms with E-state index in [0.29, 0.717) is 0 Å². The van der Waals surface area contributed by atoms with E-state index in [1.165, 1.54) is 23.9 Å². The summed E-state index contributed by atoms with van der Waals surface area (Å²) in [6, 6.07) is 2.95. The smallest absolute Gasteiger partial charge is 0.343 e. The molecule has 0 aliphatic heterocycles. The van der Waals surface area contributed by atoms with Crippen molar-refractivity contribution in [2.24, 2.45) is 0 Å². The fourth-order valence-electron chi connectivity index (χ4n) is 1.09. The first-order valence-corrected chi connectivity index (χ1v) is 4.09. The van der Waals surface area contributed by atoms with Gasteiger partial charge in [0.25, 0.3) is 5.56 Å². The van der Waals surface area contributed by atoms with Gasteiger partial charge in [0, 0.05) is 12.7 Å². The Balaban J connectivity index is 3.14. The summed E-state index contributed by atoms with van der Waals surface area (Å²) in [7, 11) is 1.21. The molecule has 0 aromatic carbocycles. The van der Waals surface area contributed by atoms with E-state index in [2.05, 4.69) is 4.74 Å². The van der Waals surface area contributed by atoms with Crippen molar-refractivity contribution in [3.63, 3.8) is 0 Å². The molecule has 1 heterocycles. The van der Waals surface area contributed by atoms with E-state index in [1.54, 1.807) is 6.07 Å². The molecule has 0 saturated heterocycles. The summed E-state index contributed by atoms with van der Waals surface area (Å²) in [4.78, 5) is 22.6. The molecular weight excluding hydrogens is 186 g/mol. The van der Waals surface area contributed by atoms with E-state index in [4.69, 9.17) is 5.11 Å². The van der Waals surface area contributed by atoms with Crippen molar-refractivity contribution in [2.45, 2.75) is 6.54 Å². The van der Waals surface area contributed by atoms with Crippen LogP contribution in [-0.2, 0) is 11.3 Å². The van der Waals surface area contributed by atoms with Gasteiger partial charge in [-0.05, 0) is 12.1 Å². The molecule has 0 amide bonds. The van der Waals surface area contributed by atoms with Crippen LogP contribution in [0.25, 0.3) is 0 Å². The summed E-state index contributed by atoms with van der Waals surface area (Å²) in [5.41, 5.74) is -0.475. The molecule has 0 bridgehead atoms. The van der Waals surface area contributed by atoms with E-state index in [0.717, 1.165) is 0 Å². The number of nitrogens with zero attached hydrogens (tertiary/aromatic N) is 1. The predicted molar refractivity (Wildman–Crippen MR) is 49.1 cm³/mol. The fraction of sp³-hybridized carbons (Fsp3) is 0.333. The normalized spacial score (nSPS) is 9.86. The lowest BCUT2D eigenvalue weighted by molar-refractivity contribution is 0.0597. The minimum atomic E-state index is -0.665. The van der Waals surface area contributed by atoms with Crippen molar-refractivity contribution >= 4 is 5.97 Å². The van der Waals surface area contributed by atoms with Gasteiger partial charge in [-0.15, -0.1) is 0 Å². The van der Waals surface area contributed by atoms with Crippen LogP contribution in [0.2, 0.25) is 0 Å². The number of carbonyl (C=O) groups excluding carboxylic acids is 1. The number of hydrogen-bond acceptors (Lipinski definition) is 4. The molecule has 76 valence electrons. The molecule has 0 fully saturated rings. The number of pyridine rings is 1. The highest BCUT2D eigenvalue weighted by atomic mass is 16.5. The number of methoxy groups -OCH3 is 1. The lowest BCUT2D eigenvalue weighted by Gasteiger charge is -2.04. The highest BCUT2D eigenvalue weighted by Crippen LogP contribution is 1.94. The number of aliphatic hydroxyl groups is 1. The molecule has 14 heavy (non-hydrogen) atoms. The van der Waals surface area contributed by atoms with Gasteiger partial charge in [0.1, 0.15) is 5.56 Å². The molecule has 1 rings (SSSR count). The number of rotatable bonds is 3. The van der Waals surface area contributed by atoms with E-state index < -0.39 is 11.5 Å². The van der Waals surface area contributed by atoms with E-state index >= 15 is 0 Å². The molecule has 0 spiro atoms. The van der Waals surface area contributed by atoms with Crippen LogP contribution in [0.1, 0.15) is 10.4 Å². The van der Waals surface area contributed by atoms with Crippen LogP contribution in [-0.4, -0.2) is 29.4 Å². The van der Waals surface area contributed by atoms with Gasteiger partial charge < -0.3 is 14.4 Å². The molecular formula is C9H11NO4. The summed E-state index contributed by atoms with van der Waals surface area (Å²) in [6.45, 7) is 0.0220. The number of carbonyl (C=O) groups is 1. The van der Waals surface area contributed by atoms with E-state index in [9.17, 15) is 9.59 Å². The molecule has 0 saturated carbocycles. The van der Waals surface area contributed by atoms with Gasteiger partial charge in [0.2, 0.25) is 0 Å². The number of esters is 1. The fourth-order valence-corrected chi connectivity index (χ4v) is 1.09. The second-order valence-corrected chi connectivity index (χ2v) is 2.64. The Morgan fingerprint density at radius 3 is 2.93 bits per heavy atom. The monoisotopic (exact) mass is 197 g/mol. The number of aromatic nitrogens is 1. The predicted octanol–water partition coefficient (Wildman–Crippen LogP) is -0.373. The van der Waals surface area contributed by atoms with Gasteiger partial charge >= 0.3 is 5.97 Å². The lowest BCUT2D eigenvalue weighted by atomic mass is 10.3. The Bertz CT molecular complexity index is 383. The number of ether oxygens (including phenoxy) is 1. The van der Waals surface area contributed by atoms with Crippen LogP contribution in [0, 0.1) is 0 Å². The summed E-state index contributed by atoms with van der Waals surface area (Å²) >= 11 is 0. The lowest BCUT2D eigenvalue weighted by Crippen LogP contribution is -2.27. The molecule has 0 atom stereocenters. The third kappa shape index (κ3) is 2.00. The topological polar surface area (TPSA) is 68.5 Å². The van der Waals surface area contributed by atoms with E-state index in [-0.39, 0.29) is 18.7 Å². The molecule has 0 aliphatic rings. The average Bonchev–Trinajstić information content (AvgIpc) is 2.20. The first-order valence-electron chi connectivity index (χ1n) is 4.09. The van der Waals surface area contributed by atoms with Crippen molar-refractivity contribution in [3.8, 4) is 0 Å². The third-order valence-electron chi connectivity index (χ3n) is 1.77. The van der Waals surface area contributed by atoms with Gasteiger partial charge in [-0.1, -0.05) is 0 Å². The number of hydrogen-bond donors (Lipinski definition) is 1. The largest absolute Gasteiger partial charge is 0.465 e. The molecule has 0 aliphatic carbocycles. The molecule has 1 aromatic rings. The Kier molecular flexibility index (Phi) is 3.41. The highest BCUT2D eigenvalue weighted by Gasteiger charge is 2.11. The van der Waals surface area contributed by atoms with Crippen LogP contribution in [0.3, 0.4) is 0 Å². The molecule has 0 unspecified atom stereocenters. The van der Waals surface area contributed by atoms with Gasteiger partial charge in [0.15, 0.2) is 0 Å². The van der Waals surface area contributed by atoms with Crippen LogP contribution in [0.5, 0.6) is 0 Å². The minimum absolute atomic E-state index is 0.0246. The second-order valence-electron chi connectivity index (χ2n) is 2.64. The van der Waals surface area contributed by atoms with Crippen molar-refractivity contribution in [3.05, 3.63) is 34.2 Å². The summed E-state index contributed by atoms with van der Waals surface area (Å²) in [5, 5.41) is 8.65. The SMILES string of the molecule is COC(=O)c1cccn(CCO)c1=O. The zero-order valence-corrected chi connectivity index (χ0v) is 7.77. The maximum Gasteiger partial charge on any atom is 0.343 e. The highest BCUT2D eigenvalue weighted by molar-refractivity contribution is 5.88. The number of aliphatic hydroxyl groups excluding tert-OH is 1. The van der Waals surface area contributed by atoms with Crippen LogP contribution >= 0.6 is 0 Å². The molecule has 5 nitrogen and oxygen atoms in total.